The predicted molar refractivity (Wildman–Crippen MR) is 119 cm³/mol. The molecular weight excluding hydrogens is 497 g/mol. The molecule has 8 nitrogen and oxygen atoms in total. The molecular formula is C21H24F5N5O3S. The molecule has 3 heterocycles. The highest BCUT2D eigenvalue weighted by molar-refractivity contribution is 7.17. The minimum Gasteiger partial charge on any atom is -0.392 e. The first-order chi connectivity index (χ1) is 16.4. The van der Waals surface area contributed by atoms with Gasteiger partial charge < -0.3 is 20.6 Å². The molecule has 14 heteroatoms. The van der Waals surface area contributed by atoms with Crippen molar-refractivity contribution in [2.45, 2.75) is 51.4 Å². The van der Waals surface area contributed by atoms with E-state index >= 15 is 0 Å². The first-order valence-corrected chi connectivity index (χ1v) is 11.6. The Kier molecular flexibility index (Phi) is 8.26. The summed E-state index contributed by atoms with van der Waals surface area (Å²) in [6.07, 6.45) is -6.11. The number of nitrogens with one attached hydrogen (secondary N) is 2. The number of alkyl halides is 5. The van der Waals surface area contributed by atoms with Crippen LogP contribution in [-0.2, 0) is 0 Å². The van der Waals surface area contributed by atoms with Crippen molar-refractivity contribution in [3.63, 3.8) is 0 Å². The lowest BCUT2D eigenvalue weighted by Crippen LogP contribution is -2.34. The molecule has 35 heavy (non-hydrogen) atoms. The smallest absolute Gasteiger partial charge is 0.392 e. The number of halogens is 5. The highest BCUT2D eigenvalue weighted by atomic mass is 32.1. The number of nitrogens with zero attached hydrogens (tertiary/aromatic N) is 3. The summed E-state index contributed by atoms with van der Waals surface area (Å²) in [7, 11) is 0. The highest BCUT2D eigenvalue weighted by Crippen LogP contribution is 2.38. The molecule has 1 saturated heterocycles. The van der Waals surface area contributed by atoms with E-state index in [9.17, 15) is 36.6 Å². The zero-order valence-corrected chi connectivity index (χ0v) is 19.6. The molecule has 1 aliphatic heterocycles. The van der Waals surface area contributed by atoms with Gasteiger partial charge in [0.2, 0.25) is 0 Å². The van der Waals surface area contributed by atoms with Crippen molar-refractivity contribution >= 4 is 29.0 Å². The van der Waals surface area contributed by atoms with Gasteiger partial charge >= 0.3 is 6.18 Å². The number of amides is 2. The van der Waals surface area contributed by atoms with Crippen LogP contribution in [0.15, 0.2) is 12.3 Å². The normalized spacial score (nSPS) is 17.1. The summed E-state index contributed by atoms with van der Waals surface area (Å²) in [5.41, 5.74) is -1.08. The van der Waals surface area contributed by atoms with Crippen LogP contribution in [0.1, 0.15) is 59.0 Å². The lowest BCUT2D eigenvalue weighted by Gasteiger charge is -2.21. The van der Waals surface area contributed by atoms with Gasteiger partial charge in [-0.15, -0.1) is 11.3 Å². The molecule has 0 saturated carbocycles. The molecule has 2 aromatic rings. The molecule has 0 bridgehead atoms. The molecule has 0 aliphatic carbocycles. The SMILES string of the molecule is CC(O)CNC(=O)c1nc(C(=O)N2CCCC2C)c(-c2cnc(NCC(F)(F)F)cc2C(F)F)s1. The first-order valence-electron chi connectivity index (χ1n) is 10.7. The van der Waals surface area contributed by atoms with Gasteiger partial charge in [-0.05, 0) is 32.8 Å². The number of aliphatic hydroxyl groups excluding tert-OH is 1. The lowest BCUT2D eigenvalue weighted by atomic mass is 10.1. The number of hydrogen-bond donors (Lipinski definition) is 3. The van der Waals surface area contributed by atoms with Gasteiger partial charge in [-0.1, -0.05) is 0 Å². The average molecular weight is 522 g/mol. The summed E-state index contributed by atoms with van der Waals surface area (Å²) in [6.45, 7) is 2.16. The van der Waals surface area contributed by atoms with Crippen molar-refractivity contribution in [2.24, 2.45) is 0 Å². The summed E-state index contributed by atoms with van der Waals surface area (Å²) in [6, 6.07) is 0.664. The molecule has 3 rings (SSSR count). The van der Waals surface area contributed by atoms with Crippen molar-refractivity contribution in [1.29, 1.82) is 0 Å². The number of carbonyl (C=O) groups excluding carboxylic acids is 2. The fourth-order valence-corrected chi connectivity index (χ4v) is 4.57. The quantitative estimate of drug-likeness (QED) is 0.456. The molecule has 0 spiro atoms. The van der Waals surface area contributed by atoms with E-state index in [0.29, 0.717) is 17.9 Å². The van der Waals surface area contributed by atoms with E-state index in [1.807, 2.05) is 12.2 Å². The molecule has 192 valence electrons. The molecule has 2 aromatic heterocycles. The van der Waals surface area contributed by atoms with Crippen LogP contribution in [-0.4, -0.2) is 69.7 Å². The number of carbonyl (C=O) groups is 2. The van der Waals surface area contributed by atoms with Gasteiger partial charge in [0.15, 0.2) is 5.01 Å². The third-order valence-electron chi connectivity index (χ3n) is 5.28. The number of aromatic nitrogens is 2. The Morgan fingerprint density at radius 3 is 2.63 bits per heavy atom. The molecule has 1 fully saturated rings. The van der Waals surface area contributed by atoms with Crippen LogP contribution in [0.3, 0.4) is 0 Å². The minimum absolute atomic E-state index is 0.0403. The Morgan fingerprint density at radius 2 is 2.06 bits per heavy atom. The van der Waals surface area contributed by atoms with Crippen LogP contribution >= 0.6 is 11.3 Å². The zero-order chi connectivity index (χ0) is 25.9. The van der Waals surface area contributed by atoms with E-state index in [2.05, 4.69) is 15.3 Å². The number of likely N-dealkylation sites (tertiary alicyclic amines) is 1. The van der Waals surface area contributed by atoms with E-state index < -0.39 is 48.4 Å². The van der Waals surface area contributed by atoms with Gasteiger partial charge in [-0.2, -0.15) is 13.2 Å². The second-order valence-corrected chi connectivity index (χ2v) is 9.17. The number of aliphatic hydroxyl groups is 1. The Labute approximate surface area is 201 Å². The number of rotatable bonds is 8. The predicted octanol–water partition coefficient (Wildman–Crippen LogP) is 3.85. The zero-order valence-electron chi connectivity index (χ0n) is 18.8. The minimum atomic E-state index is -4.58. The first kappa shape index (κ1) is 26.7. The maximum absolute atomic E-state index is 13.9. The number of anilines is 1. The number of pyridine rings is 1. The van der Waals surface area contributed by atoms with Crippen molar-refractivity contribution in [1.82, 2.24) is 20.2 Å². The van der Waals surface area contributed by atoms with Gasteiger partial charge in [-0.25, -0.2) is 18.7 Å². The van der Waals surface area contributed by atoms with E-state index in [-0.39, 0.29) is 33.7 Å². The Hall–Kier alpha value is -2.87. The second kappa shape index (κ2) is 10.8. The van der Waals surface area contributed by atoms with Crippen molar-refractivity contribution < 1.29 is 36.6 Å². The van der Waals surface area contributed by atoms with Gasteiger partial charge in [0.25, 0.3) is 18.2 Å². The van der Waals surface area contributed by atoms with Crippen LogP contribution in [0.5, 0.6) is 0 Å². The molecule has 3 N–H and O–H groups in total. The van der Waals surface area contributed by atoms with E-state index in [4.69, 9.17) is 0 Å². The molecule has 2 unspecified atom stereocenters. The van der Waals surface area contributed by atoms with Gasteiger partial charge in [0.05, 0.1) is 11.0 Å². The highest BCUT2D eigenvalue weighted by Gasteiger charge is 2.33. The fourth-order valence-electron chi connectivity index (χ4n) is 3.56. The van der Waals surface area contributed by atoms with Crippen LogP contribution in [0, 0.1) is 0 Å². The Balaban J connectivity index is 2.05. The summed E-state index contributed by atoms with van der Waals surface area (Å²) >= 11 is 0.690. The van der Waals surface area contributed by atoms with Crippen LogP contribution in [0.2, 0.25) is 0 Å². The monoisotopic (exact) mass is 521 g/mol. The maximum atomic E-state index is 13.9. The molecule has 0 radical (unpaired) electrons. The van der Waals surface area contributed by atoms with Crippen molar-refractivity contribution in [3.05, 3.63) is 28.5 Å². The summed E-state index contributed by atoms with van der Waals surface area (Å²) in [5.74, 6) is -1.67. The van der Waals surface area contributed by atoms with E-state index in [0.717, 1.165) is 25.1 Å². The number of hydrogen-bond acceptors (Lipinski definition) is 7. The Bertz CT molecular complexity index is 1080. The summed E-state index contributed by atoms with van der Waals surface area (Å²) in [4.78, 5) is 35.2. The third-order valence-corrected chi connectivity index (χ3v) is 6.37. The maximum Gasteiger partial charge on any atom is 0.405 e. The van der Waals surface area contributed by atoms with Gasteiger partial charge in [0.1, 0.15) is 18.1 Å². The van der Waals surface area contributed by atoms with E-state index in [1.54, 1.807) is 0 Å². The third kappa shape index (κ3) is 6.63. The Morgan fingerprint density at radius 1 is 1.34 bits per heavy atom. The molecule has 0 aromatic carbocycles. The average Bonchev–Trinajstić information content (AvgIpc) is 3.41. The van der Waals surface area contributed by atoms with Crippen molar-refractivity contribution in [2.75, 3.05) is 25.0 Å². The number of thiazole rings is 1. The van der Waals surface area contributed by atoms with Gasteiger partial charge in [0, 0.05) is 36.5 Å². The molecule has 2 amide bonds. The molecule has 1 aliphatic rings. The van der Waals surface area contributed by atoms with Crippen LogP contribution in [0.4, 0.5) is 27.8 Å². The lowest BCUT2D eigenvalue weighted by molar-refractivity contribution is -0.115. The van der Waals surface area contributed by atoms with Crippen LogP contribution < -0.4 is 10.6 Å². The van der Waals surface area contributed by atoms with Gasteiger partial charge in [-0.3, -0.25) is 9.59 Å². The van der Waals surface area contributed by atoms with E-state index in [1.165, 1.54) is 11.8 Å². The fraction of sp³-hybridized carbons (Fsp3) is 0.524. The standard InChI is InChI=1S/C21H24F5N5O3S/c1-10-4-3-5-31(10)20(34)15-16(35-19(30-15)18(33)28-7-11(2)32)13-8-27-14(6-12(13)17(22)23)29-9-21(24,25)26/h6,8,10-11,17,32H,3-5,7,9H2,1-2H3,(H,27,29)(H,28,33). The second-order valence-electron chi connectivity index (χ2n) is 8.17. The largest absolute Gasteiger partial charge is 0.405 e. The summed E-state index contributed by atoms with van der Waals surface area (Å²) in [5, 5.41) is 13.6. The summed E-state index contributed by atoms with van der Waals surface area (Å²) < 4.78 is 65.4. The van der Waals surface area contributed by atoms with Crippen molar-refractivity contribution in [3.8, 4) is 10.4 Å². The molecule has 2 atom stereocenters. The topological polar surface area (TPSA) is 107 Å². The van der Waals surface area contributed by atoms with Crippen LogP contribution in [0.25, 0.3) is 10.4 Å².